The molecule has 0 unspecified atom stereocenters. The minimum Gasteiger partial charge on any atom is -1.00 e. The van der Waals surface area contributed by atoms with Crippen LogP contribution in [-0.2, 0) is 6.54 Å². The molecule has 1 fully saturated rings. The third-order valence-corrected chi connectivity index (χ3v) is 4.83. The van der Waals surface area contributed by atoms with Crippen LogP contribution in [-0.4, -0.2) is 34.3 Å². The highest BCUT2D eigenvalue weighted by atomic mass is 79.9. The molecular formula is C19H24BrN3. The summed E-state index contributed by atoms with van der Waals surface area (Å²) < 4.78 is 2.36. The molecule has 0 atom stereocenters. The molecule has 0 saturated carbocycles. The Balaban J connectivity index is 0.00000192. The molecule has 4 heteroatoms. The molecule has 1 aromatic carbocycles. The van der Waals surface area contributed by atoms with Gasteiger partial charge in [0.15, 0.2) is 18.3 Å². The van der Waals surface area contributed by atoms with Crippen molar-refractivity contribution in [2.45, 2.75) is 45.2 Å². The summed E-state index contributed by atoms with van der Waals surface area (Å²) in [6, 6.07) is 10.2. The van der Waals surface area contributed by atoms with Gasteiger partial charge in [-0.15, -0.1) is 0 Å². The standard InChI is InChI=1S/C19H24N3.BrH/c1-19(2)13-18(21-10-5-6-11-21)9-12-22(19)15-17-8-4-3-7-16(17)14-20;/h3-4,7-9,12H,5-6,10-11,13,15H2,1-2H3;1H/q+1;/p-1. The predicted molar refractivity (Wildman–Crippen MR) is 88.8 cm³/mol. The van der Waals surface area contributed by atoms with E-state index in [2.05, 4.69) is 47.7 Å². The molecule has 3 rings (SSSR count). The van der Waals surface area contributed by atoms with Crippen molar-refractivity contribution in [3.05, 3.63) is 47.2 Å². The second-order valence-electron chi connectivity index (χ2n) is 6.89. The van der Waals surface area contributed by atoms with E-state index < -0.39 is 0 Å². The average molecular weight is 374 g/mol. The molecule has 1 aromatic rings. The quantitative estimate of drug-likeness (QED) is 0.713. The van der Waals surface area contributed by atoms with Gasteiger partial charge in [0.1, 0.15) is 0 Å². The zero-order valence-electron chi connectivity index (χ0n) is 13.9. The number of hydrogen-bond acceptors (Lipinski definition) is 2. The number of hydrogen-bond donors (Lipinski definition) is 0. The molecule has 0 aliphatic carbocycles. The van der Waals surface area contributed by atoms with E-state index in [4.69, 9.17) is 0 Å². The van der Waals surface area contributed by atoms with E-state index in [1.165, 1.54) is 31.6 Å². The Labute approximate surface area is 149 Å². The predicted octanol–water partition coefficient (Wildman–Crippen LogP) is 0.308. The molecule has 2 heterocycles. The first kappa shape index (κ1) is 17.7. The van der Waals surface area contributed by atoms with E-state index in [0.29, 0.717) is 0 Å². The third-order valence-electron chi connectivity index (χ3n) is 4.83. The van der Waals surface area contributed by atoms with Crippen molar-refractivity contribution in [1.82, 2.24) is 4.90 Å². The summed E-state index contributed by atoms with van der Waals surface area (Å²) in [7, 11) is 0. The second-order valence-corrected chi connectivity index (χ2v) is 6.89. The molecule has 122 valence electrons. The highest BCUT2D eigenvalue weighted by Gasteiger charge is 2.36. The Hall–Kier alpha value is -1.60. The van der Waals surface area contributed by atoms with Gasteiger partial charge in [-0.3, -0.25) is 0 Å². The van der Waals surface area contributed by atoms with Crippen LogP contribution in [0.25, 0.3) is 0 Å². The molecule has 2 aliphatic heterocycles. The maximum atomic E-state index is 9.27. The van der Waals surface area contributed by atoms with Crippen molar-refractivity contribution >= 4 is 6.21 Å². The van der Waals surface area contributed by atoms with Gasteiger partial charge in [-0.1, -0.05) is 18.2 Å². The normalized spacial score (nSPS) is 19.4. The minimum absolute atomic E-state index is 0. The summed E-state index contributed by atoms with van der Waals surface area (Å²) in [6.45, 7) is 7.78. The molecular weight excluding hydrogens is 350 g/mol. The highest BCUT2D eigenvalue weighted by Crippen LogP contribution is 2.29. The van der Waals surface area contributed by atoms with Gasteiger partial charge in [0.2, 0.25) is 0 Å². The topological polar surface area (TPSA) is 30.0 Å². The Morgan fingerprint density at radius 2 is 1.91 bits per heavy atom. The number of nitriles is 1. The third kappa shape index (κ3) is 3.84. The van der Waals surface area contributed by atoms with Crippen molar-refractivity contribution in [2.24, 2.45) is 0 Å². The van der Waals surface area contributed by atoms with E-state index in [9.17, 15) is 5.26 Å². The van der Waals surface area contributed by atoms with Crippen LogP contribution >= 0.6 is 0 Å². The molecule has 0 amide bonds. The minimum atomic E-state index is 0. The first-order valence-corrected chi connectivity index (χ1v) is 8.14. The molecule has 0 aromatic heterocycles. The van der Waals surface area contributed by atoms with Crippen LogP contribution in [0.4, 0.5) is 0 Å². The molecule has 0 bridgehead atoms. The van der Waals surface area contributed by atoms with Crippen LogP contribution in [0.3, 0.4) is 0 Å². The van der Waals surface area contributed by atoms with Gasteiger partial charge in [-0.25, -0.2) is 4.58 Å². The van der Waals surface area contributed by atoms with E-state index in [1.54, 1.807) is 0 Å². The van der Waals surface area contributed by atoms with Gasteiger partial charge in [0.25, 0.3) is 0 Å². The molecule has 3 nitrogen and oxygen atoms in total. The van der Waals surface area contributed by atoms with Crippen LogP contribution in [0.5, 0.6) is 0 Å². The second kappa shape index (κ2) is 7.31. The molecule has 2 aliphatic rings. The first-order chi connectivity index (χ1) is 10.6. The van der Waals surface area contributed by atoms with Crippen molar-refractivity contribution in [1.29, 1.82) is 5.26 Å². The van der Waals surface area contributed by atoms with Gasteiger partial charge < -0.3 is 21.9 Å². The first-order valence-electron chi connectivity index (χ1n) is 8.14. The summed E-state index contributed by atoms with van der Waals surface area (Å²) in [5.41, 5.74) is 3.43. The Kier molecular flexibility index (Phi) is 5.64. The smallest absolute Gasteiger partial charge is 0.170 e. The van der Waals surface area contributed by atoms with Crippen molar-refractivity contribution in [3.8, 4) is 6.07 Å². The number of nitrogens with zero attached hydrogens (tertiary/aromatic N) is 3. The van der Waals surface area contributed by atoms with Crippen molar-refractivity contribution in [3.63, 3.8) is 0 Å². The van der Waals surface area contributed by atoms with Crippen LogP contribution in [0.15, 0.2) is 36.0 Å². The Bertz CT molecular complexity index is 661. The van der Waals surface area contributed by atoms with Crippen LogP contribution in [0.2, 0.25) is 0 Å². The lowest BCUT2D eigenvalue weighted by Crippen LogP contribution is -3.00. The highest BCUT2D eigenvalue weighted by molar-refractivity contribution is 5.68. The summed E-state index contributed by atoms with van der Waals surface area (Å²) in [4.78, 5) is 2.53. The summed E-state index contributed by atoms with van der Waals surface area (Å²) in [5, 5.41) is 9.27. The number of rotatable bonds is 3. The number of benzene rings is 1. The zero-order chi connectivity index (χ0) is 15.6. The van der Waals surface area contributed by atoms with E-state index in [0.717, 1.165) is 24.1 Å². The molecule has 0 N–H and O–H groups in total. The lowest BCUT2D eigenvalue weighted by atomic mass is 9.93. The lowest BCUT2D eigenvalue weighted by Gasteiger charge is -2.31. The summed E-state index contributed by atoms with van der Waals surface area (Å²) >= 11 is 0. The van der Waals surface area contributed by atoms with Gasteiger partial charge in [0, 0.05) is 44.3 Å². The summed E-state index contributed by atoms with van der Waals surface area (Å²) in [5.74, 6) is 0. The monoisotopic (exact) mass is 373 g/mol. The van der Waals surface area contributed by atoms with Gasteiger partial charge in [0.05, 0.1) is 18.1 Å². The largest absolute Gasteiger partial charge is 1.00 e. The zero-order valence-corrected chi connectivity index (χ0v) is 15.5. The number of halogens is 1. The fraction of sp³-hybridized carbons (Fsp3) is 0.474. The number of likely N-dealkylation sites (tertiary alicyclic amines) is 1. The molecule has 23 heavy (non-hydrogen) atoms. The van der Waals surface area contributed by atoms with Crippen LogP contribution in [0.1, 0.15) is 44.2 Å². The fourth-order valence-electron chi connectivity index (χ4n) is 3.42. The van der Waals surface area contributed by atoms with E-state index in [1.807, 2.05) is 18.2 Å². The van der Waals surface area contributed by atoms with Crippen molar-refractivity contribution < 1.29 is 21.6 Å². The summed E-state index contributed by atoms with van der Waals surface area (Å²) in [6.07, 6.45) is 8.18. The molecule has 0 radical (unpaired) electrons. The van der Waals surface area contributed by atoms with Crippen LogP contribution in [0, 0.1) is 11.3 Å². The lowest BCUT2D eigenvalue weighted by molar-refractivity contribution is -0.612. The van der Waals surface area contributed by atoms with Gasteiger partial charge in [-0.05, 0) is 18.9 Å². The van der Waals surface area contributed by atoms with E-state index in [-0.39, 0.29) is 22.5 Å². The average Bonchev–Trinajstić information content (AvgIpc) is 3.04. The Morgan fingerprint density at radius 1 is 1.22 bits per heavy atom. The van der Waals surface area contributed by atoms with Gasteiger partial charge >= 0.3 is 0 Å². The molecule has 0 spiro atoms. The molecule has 1 saturated heterocycles. The maximum absolute atomic E-state index is 9.27. The fourth-order valence-corrected chi connectivity index (χ4v) is 3.42. The van der Waals surface area contributed by atoms with E-state index >= 15 is 0 Å². The SMILES string of the molecule is CC1(C)CC(N2CCCC2)=CC=[N+]1Cc1ccccc1C#N.[Br-]. The Morgan fingerprint density at radius 3 is 2.57 bits per heavy atom. The number of allylic oxidation sites excluding steroid dienone is 1. The van der Waals surface area contributed by atoms with Crippen molar-refractivity contribution in [2.75, 3.05) is 13.1 Å². The van der Waals surface area contributed by atoms with Gasteiger partial charge in [-0.2, -0.15) is 5.26 Å². The maximum Gasteiger partial charge on any atom is 0.170 e. The van der Waals surface area contributed by atoms with Crippen LogP contribution < -0.4 is 17.0 Å².